The maximum absolute atomic E-state index is 11.7. The van der Waals surface area contributed by atoms with Crippen LogP contribution in [0.25, 0.3) is 10.9 Å². The van der Waals surface area contributed by atoms with Gasteiger partial charge in [0.05, 0.1) is 11.3 Å². The van der Waals surface area contributed by atoms with Crippen LogP contribution in [0.4, 0.5) is 5.82 Å². The van der Waals surface area contributed by atoms with Crippen LogP contribution >= 0.6 is 0 Å². The van der Waals surface area contributed by atoms with Gasteiger partial charge in [-0.1, -0.05) is 18.2 Å². The molecule has 0 radical (unpaired) electrons. The summed E-state index contributed by atoms with van der Waals surface area (Å²) in [5.41, 5.74) is 1.90. The van der Waals surface area contributed by atoms with Gasteiger partial charge in [-0.25, -0.2) is 17.7 Å². The largest absolute Gasteiger partial charge is 0.369 e. The van der Waals surface area contributed by atoms with Crippen LogP contribution in [0.3, 0.4) is 0 Å². The minimum Gasteiger partial charge on any atom is -0.369 e. The molecule has 0 atom stereocenters. The van der Waals surface area contributed by atoms with Crippen molar-refractivity contribution in [2.45, 2.75) is 6.92 Å². The van der Waals surface area contributed by atoms with Crippen LogP contribution in [0.5, 0.6) is 0 Å². The summed E-state index contributed by atoms with van der Waals surface area (Å²) in [6, 6.07) is 9.91. The molecule has 20 heavy (non-hydrogen) atoms. The van der Waals surface area contributed by atoms with Crippen molar-refractivity contribution in [1.29, 1.82) is 0 Å². The van der Waals surface area contributed by atoms with Crippen LogP contribution in [-0.4, -0.2) is 44.1 Å². The molecule has 1 N–H and O–H groups in total. The standard InChI is InChI=1S/C14H19N3O2S/c1-11-10-12-6-4-5-7-13(12)16-14(11)15-8-9-20(18,19)17(2)3/h4-7,10H,8-9H2,1-3H3,(H,15,16). The lowest BCUT2D eigenvalue weighted by Gasteiger charge is -2.13. The Bertz CT molecular complexity index is 711. The second kappa shape index (κ2) is 5.76. The molecule has 0 aliphatic heterocycles. The smallest absolute Gasteiger partial charge is 0.215 e. The molecule has 0 amide bonds. The van der Waals surface area contributed by atoms with E-state index in [4.69, 9.17) is 0 Å². The van der Waals surface area contributed by atoms with Crippen LogP contribution < -0.4 is 5.32 Å². The minimum absolute atomic E-state index is 0.0496. The summed E-state index contributed by atoms with van der Waals surface area (Å²) < 4.78 is 24.6. The Morgan fingerprint density at radius 2 is 1.95 bits per heavy atom. The molecular weight excluding hydrogens is 274 g/mol. The van der Waals surface area contributed by atoms with Gasteiger partial charge in [0.2, 0.25) is 10.0 Å². The second-order valence-electron chi connectivity index (χ2n) is 4.87. The number of fused-ring (bicyclic) bond motifs is 1. The summed E-state index contributed by atoms with van der Waals surface area (Å²) in [5.74, 6) is 0.783. The Kier molecular flexibility index (Phi) is 4.25. The van der Waals surface area contributed by atoms with E-state index in [1.807, 2.05) is 37.3 Å². The van der Waals surface area contributed by atoms with E-state index in [1.54, 1.807) is 0 Å². The number of para-hydroxylation sites is 1. The van der Waals surface area contributed by atoms with Crippen LogP contribution in [0, 0.1) is 6.92 Å². The lowest BCUT2D eigenvalue weighted by molar-refractivity contribution is 0.521. The van der Waals surface area contributed by atoms with E-state index in [2.05, 4.69) is 10.3 Å². The Labute approximate surface area is 119 Å². The molecule has 2 rings (SSSR count). The molecule has 6 heteroatoms. The number of sulfonamides is 1. The molecule has 1 aromatic carbocycles. The molecule has 0 fully saturated rings. The van der Waals surface area contributed by atoms with Gasteiger partial charge in [-0.15, -0.1) is 0 Å². The van der Waals surface area contributed by atoms with Crippen molar-refractivity contribution in [3.8, 4) is 0 Å². The average molecular weight is 293 g/mol. The number of benzene rings is 1. The first kappa shape index (κ1) is 14.7. The summed E-state index contributed by atoms with van der Waals surface area (Å²) in [5, 5.41) is 4.18. The fourth-order valence-corrected chi connectivity index (χ4v) is 2.61. The highest BCUT2D eigenvalue weighted by atomic mass is 32.2. The number of hydrogen-bond acceptors (Lipinski definition) is 4. The Balaban J connectivity index is 2.12. The van der Waals surface area contributed by atoms with E-state index in [-0.39, 0.29) is 5.75 Å². The molecule has 0 spiro atoms. The maximum Gasteiger partial charge on any atom is 0.215 e. The van der Waals surface area contributed by atoms with Crippen LogP contribution in [-0.2, 0) is 10.0 Å². The third kappa shape index (κ3) is 3.26. The molecule has 0 unspecified atom stereocenters. The van der Waals surface area contributed by atoms with Gasteiger partial charge in [0.1, 0.15) is 5.82 Å². The van der Waals surface area contributed by atoms with E-state index < -0.39 is 10.0 Å². The molecule has 2 aromatic rings. The van der Waals surface area contributed by atoms with Crippen LogP contribution in [0.15, 0.2) is 30.3 Å². The number of aryl methyl sites for hydroxylation is 1. The molecule has 5 nitrogen and oxygen atoms in total. The van der Waals surface area contributed by atoms with Crippen molar-refractivity contribution < 1.29 is 8.42 Å². The molecule has 0 aliphatic carbocycles. The van der Waals surface area contributed by atoms with Crippen molar-refractivity contribution in [1.82, 2.24) is 9.29 Å². The summed E-state index contributed by atoms with van der Waals surface area (Å²) >= 11 is 0. The van der Waals surface area contributed by atoms with Crippen molar-refractivity contribution in [2.24, 2.45) is 0 Å². The van der Waals surface area contributed by atoms with Gasteiger partial charge in [0.15, 0.2) is 0 Å². The first-order valence-corrected chi connectivity index (χ1v) is 8.01. The number of hydrogen-bond donors (Lipinski definition) is 1. The zero-order valence-electron chi connectivity index (χ0n) is 11.9. The maximum atomic E-state index is 11.7. The van der Waals surface area contributed by atoms with E-state index in [0.717, 1.165) is 22.3 Å². The summed E-state index contributed by atoms with van der Waals surface area (Å²) in [4.78, 5) is 4.52. The van der Waals surface area contributed by atoms with Gasteiger partial charge in [-0.05, 0) is 24.6 Å². The lowest BCUT2D eigenvalue weighted by atomic mass is 10.1. The molecule has 108 valence electrons. The number of nitrogens with zero attached hydrogens (tertiary/aromatic N) is 2. The second-order valence-corrected chi connectivity index (χ2v) is 7.17. The zero-order chi connectivity index (χ0) is 14.8. The Morgan fingerprint density at radius 1 is 1.25 bits per heavy atom. The molecule has 1 aromatic heterocycles. The monoisotopic (exact) mass is 293 g/mol. The predicted octanol–water partition coefficient (Wildman–Crippen LogP) is 1.85. The Hall–Kier alpha value is -1.66. The summed E-state index contributed by atoms with van der Waals surface area (Å²) in [7, 11) is -0.108. The minimum atomic E-state index is -3.18. The first-order valence-electron chi connectivity index (χ1n) is 6.40. The fourth-order valence-electron chi connectivity index (χ4n) is 1.88. The quantitative estimate of drug-likeness (QED) is 0.914. The van der Waals surface area contributed by atoms with E-state index in [0.29, 0.717) is 6.54 Å². The van der Waals surface area contributed by atoms with Crippen molar-refractivity contribution in [3.05, 3.63) is 35.9 Å². The van der Waals surface area contributed by atoms with Gasteiger partial charge < -0.3 is 5.32 Å². The van der Waals surface area contributed by atoms with Crippen LogP contribution in [0.2, 0.25) is 0 Å². The molecule has 0 saturated carbocycles. The molecule has 0 bridgehead atoms. The molecular formula is C14H19N3O2S. The van der Waals surface area contributed by atoms with Gasteiger partial charge in [-0.3, -0.25) is 0 Å². The highest BCUT2D eigenvalue weighted by molar-refractivity contribution is 7.89. The van der Waals surface area contributed by atoms with Gasteiger partial charge >= 0.3 is 0 Å². The molecule has 1 heterocycles. The molecule has 0 aliphatic rings. The first-order chi connectivity index (χ1) is 9.40. The average Bonchev–Trinajstić information content (AvgIpc) is 2.39. The lowest BCUT2D eigenvalue weighted by Crippen LogP contribution is -2.28. The van der Waals surface area contributed by atoms with Crippen molar-refractivity contribution >= 4 is 26.7 Å². The topological polar surface area (TPSA) is 62.3 Å². The van der Waals surface area contributed by atoms with E-state index >= 15 is 0 Å². The number of aromatic nitrogens is 1. The number of anilines is 1. The Morgan fingerprint density at radius 3 is 2.65 bits per heavy atom. The van der Waals surface area contributed by atoms with Crippen LogP contribution in [0.1, 0.15) is 5.56 Å². The number of pyridine rings is 1. The predicted molar refractivity (Wildman–Crippen MR) is 82.4 cm³/mol. The number of rotatable bonds is 5. The van der Waals surface area contributed by atoms with Gasteiger partial charge in [-0.2, -0.15) is 0 Å². The SMILES string of the molecule is Cc1cc2ccccc2nc1NCCS(=O)(=O)N(C)C. The number of nitrogens with one attached hydrogen (secondary N) is 1. The highest BCUT2D eigenvalue weighted by Crippen LogP contribution is 2.19. The van der Waals surface area contributed by atoms with E-state index in [9.17, 15) is 8.42 Å². The highest BCUT2D eigenvalue weighted by Gasteiger charge is 2.13. The summed E-state index contributed by atoms with van der Waals surface area (Å²) in [6.07, 6.45) is 0. The van der Waals surface area contributed by atoms with Gasteiger partial charge in [0.25, 0.3) is 0 Å². The fraction of sp³-hybridized carbons (Fsp3) is 0.357. The van der Waals surface area contributed by atoms with Crippen molar-refractivity contribution in [2.75, 3.05) is 31.7 Å². The molecule has 0 saturated heterocycles. The summed E-state index contributed by atoms with van der Waals surface area (Å²) in [6.45, 7) is 2.30. The van der Waals surface area contributed by atoms with E-state index in [1.165, 1.54) is 18.4 Å². The van der Waals surface area contributed by atoms with Crippen molar-refractivity contribution in [3.63, 3.8) is 0 Å². The third-order valence-electron chi connectivity index (χ3n) is 3.12. The normalized spacial score (nSPS) is 12.0. The van der Waals surface area contributed by atoms with Gasteiger partial charge in [0, 0.05) is 26.0 Å². The third-order valence-corrected chi connectivity index (χ3v) is 4.96. The zero-order valence-corrected chi connectivity index (χ0v) is 12.7.